The summed E-state index contributed by atoms with van der Waals surface area (Å²) in [5, 5.41) is 46.4. The third-order valence-corrected chi connectivity index (χ3v) is 11.9. The summed E-state index contributed by atoms with van der Waals surface area (Å²) in [5.41, 5.74) is 27.9. The lowest BCUT2D eigenvalue weighted by atomic mass is 10.00. The van der Waals surface area contributed by atoms with Crippen LogP contribution in [0.25, 0.3) is 0 Å². The van der Waals surface area contributed by atoms with Crippen LogP contribution in [0.2, 0.25) is 0 Å². The smallest absolute Gasteiger partial charge is 0.299 e. The number of nitrogen functional groups attached to an aromatic ring is 1. The molecule has 0 spiro atoms. The number of guanidine groups is 2. The topological polar surface area (TPSA) is 486 Å². The molecule has 0 aliphatic rings. The van der Waals surface area contributed by atoms with Crippen LogP contribution in [-0.4, -0.2) is 139 Å². The molecule has 3 aromatic rings. The number of para-hydroxylation sites is 1. The van der Waals surface area contributed by atoms with Crippen LogP contribution in [0.3, 0.4) is 0 Å². The van der Waals surface area contributed by atoms with Crippen LogP contribution in [0, 0.1) is 32.1 Å². The summed E-state index contributed by atoms with van der Waals surface area (Å²) in [6.45, 7) is 5.94. The fourth-order valence-electron chi connectivity index (χ4n) is 7.85. The van der Waals surface area contributed by atoms with E-state index in [1.807, 2.05) is 0 Å². The Morgan fingerprint density at radius 1 is 0.605 bits per heavy atom. The maximum absolute atomic E-state index is 14.3. The molecule has 0 unspecified atom stereocenters. The van der Waals surface area contributed by atoms with Crippen LogP contribution < -0.4 is 76.5 Å². The van der Waals surface area contributed by atoms with Crippen molar-refractivity contribution in [3.05, 3.63) is 104 Å². The number of hydrogen-bond acceptors (Lipinski definition) is 17. The van der Waals surface area contributed by atoms with E-state index in [1.165, 1.54) is 18.2 Å². The largest absolute Gasteiger partial charge is 0.398 e. The number of nitrogens with one attached hydrogen (secondary N) is 9. The highest BCUT2D eigenvalue weighted by Crippen LogP contribution is 2.28. The molecule has 0 radical (unpaired) electrons. The normalized spacial score (nSPS) is 12.7. The quantitative estimate of drug-likeness (QED) is 0.00820. The van der Waals surface area contributed by atoms with Gasteiger partial charge in [0.2, 0.25) is 41.4 Å². The molecule has 3 aromatic carbocycles. The van der Waals surface area contributed by atoms with Crippen molar-refractivity contribution in [2.45, 2.75) is 96.4 Å². The van der Waals surface area contributed by atoms with Crippen molar-refractivity contribution in [3.63, 3.8) is 0 Å². The van der Waals surface area contributed by atoms with Crippen molar-refractivity contribution >= 4 is 81.9 Å². The van der Waals surface area contributed by atoms with E-state index in [1.54, 1.807) is 70.2 Å². The van der Waals surface area contributed by atoms with Gasteiger partial charge in [0, 0.05) is 44.4 Å². The number of imide groups is 1. The highest BCUT2D eigenvalue weighted by Gasteiger charge is 2.33. The van der Waals surface area contributed by atoms with Gasteiger partial charge in [0.25, 0.3) is 17.3 Å². The van der Waals surface area contributed by atoms with Crippen molar-refractivity contribution in [2.24, 2.45) is 44.8 Å². The van der Waals surface area contributed by atoms with E-state index >= 15 is 0 Å². The van der Waals surface area contributed by atoms with Crippen LogP contribution in [0.5, 0.6) is 0 Å². The minimum absolute atomic E-state index is 0.00774. The number of nitro benzene ring substituents is 2. The molecule has 440 valence electrons. The van der Waals surface area contributed by atoms with E-state index in [4.69, 9.17) is 28.7 Å². The maximum atomic E-state index is 14.3. The number of nitrogens with two attached hydrogens (primary N) is 5. The number of amides is 8. The van der Waals surface area contributed by atoms with Gasteiger partial charge in [-0.3, -0.25) is 73.9 Å². The number of carbonyl (C=O) groups excluding carboxylic acids is 8. The zero-order chi connectivity index (χ0) is 60.2. The zero-order valence-corrected chi connectivity index (χ0v) is 45.5. The predicted octanol–water partition coefficient (Wildman–Crippen LogP) is -1.36. The summed E-state index contributed by atoms with van der Waals surface area (Å²) >= 11 is 0. The molecule has 0 aliphatic carbocycles. The average molecular weight is 1130 g/mol. The molecule has 30 heteroatoms. The molecule has 0 aliphatic heterocycles. The molecule has 5 atom stereocenters. The number of carbonyl (C=O) groups is 8. The summed E-state index contributed by atoms with van der Waals surface area (Å²) < 4.78 is 0. The van der Waals surface area contributed by atoms with Crippen LogP contribution in [0.4, 0.5) is 22.7 Å². The van der Waals surface area contributed by atoms with E-state index in [0.29, 0.717) is 5.56 Å². The second-order valence-corrected chi connectivity index (χ2v) is 19.2. The third-order valence-electron chi connectivity index (χ3n) is 11.9. The van der Waals surface area contributed by atoms with Gasteiger partial charge in [0.15, 0.2) is 11.9 Å². The summed E-state index contributed by atoms with van der Waals surface area (Å²) in [6.07, 6.45) is 0.0236. The number of nitro groups is 2. The van der Waals surface area contributed by atoms with Gasteiger partial charge in [0.1, 0.15) is 29.9 Å². The fourth-order valence-corrected chi connectivity index (χ4v) is 7.85. The van der Waals surface area contributed by atoms with Gasteiger partial charge in [0.05, 0.1) is 40.6 Å². The van der Waals surface area contributed by atoms with E-state index in [9.17, 15) is 58.6 Å². The predicted molar refractivity (Wildman–Crippen MR) is 301 cm³/mol. The highest BCUT2D eigenvalue weighted by atomic mass is 16.6. The second-order valence-electron chi connectivity index (χ2n) is 19.2. The van der Waals surface area contributed by atoms with Crippen molar-refractivity contribution in [1.82, 2.24) is 42.5 Å². The van der Waals surface area contributed by atoms with Crippen molar-refractivity contribution in [2.75, 3.05) is 50.3 Å². The fraction of sp³-hybridized carbons (Fsp3) is 0.451. The molecule has 30 nitrogen and oxygen atoms in total. The molecule has 0 aromatic heterocycles. The minimum Gasteiger partial charge on any atom is -0.398 e. The van der Waals surface area contributed by atoms with Gasteiger partial charge < -0.3 is 71.2 Å². The number of non-ortho nitro benzene ring substituents is 1. The number of benzene rings is 3. The molecule has 19 N–H and O–H groups in total. The number of aliphatic imine (C=N–C) groups is 2. The van der Waals surface area contributed by atoms with Crippen molar-refractivity contribution in [3.8, 4) is 0 Å². The summed E-state index contributed by atoms with van der Waals surface area (Å²) in [6, 6.07) is 11.5. The lowest BCUT2D eigenvalue weighted by Crippen LogP contribution is -2.59. The molecule has 3 rings (SSSR count). The first-order valence-corrected chi connectivity index (χ1v) is 25.9. The van der Waals surface area contributed by atoms with E-state index in [-0.39, 0.29) is 99.5 Å². The summed E-state index contributed by atoms with van der Waals surface area (Å²) in [5.74, 6) is -7.45. The van der Waals surface area contributed by atoms with Crippen LogP contribution in [0.1, 0.15) is 75.7 Å². The van der Waals surface area contributed by atoms with E-state index in [2.05, 4.69) is 57.8 Å². The molecular weight excluding hydrogens is 1060 g/mol. The van der Waals surface area contributed by atoms with Crippen LogP contribution in [0.15, 0.2) is 82.8 Å². The number of nitrogens with zero attached hydrogens (tertiary/aromatic N) is 4. The summed E-state index contributed by atoms with van der Waals surface area (Å²) in [4.78, 5) is 138. The van der Waals surface area contributed by atoms with Gasteiger partial charge in [-0.15, -0.1) is 0 Å². The Bertz CT molecular complexity index is 2730. The van der Waals surface area contributed by atoms with E-state index in [0.717, 1.165) is 12.1 Å². The molecule has 81 heavy (non-hydrogen) atoms. The Labute approximate surface area is 467 Å². The number of rotatable bonds is 34. The van der Waals surface area contributed by atoms with Gasteiger partial charge in [-0.25, -0.2) is 0 Å². The first kappa shape index (κ1) is 65.8. The first-order valence-electron chi connectivity index (χ1n) is 25.9. The molecule has 0 fully saturated rings. The Hall–Kier alpha value is -9.48. The Kier molecular flexibility index (Phi) is 27.4. The summed E-state index contributed by atoms with van der Waals surface area (Å²) in [7, 11) is 0. The van der Waals surface area contributed by atoms with E-state index < -0.39 is 118 Å². The SMILES string of the molecule is CC(C)C[C@H](NC(=O)[C@H](Cc1ccccc1)NC(=O)CNC(=O)CNC(=O)c1ccccc1N)C(=O)N[C@@H](CCCN=C(N)N)C(=O)N[C@@H](CCCN=C(N)N)C(=O)NC(=O)[C@@H](NCCNc1ccc([N+](=O)[O-])cc1[N+](=O)[O-])C(C)C. The van der Waals surface area contributed by atoms with Crippen LogP contribution >= 0.6 is 0 Å². The monoisotopic (exact) mass is 1130 g/mol. The van der Waals surface area contributed by atoms with Gasteiger partial charge in [-0.2, -0.15) is 0 Å². The Balaban J connectivity index is 1.81. The first-order chi connectivity index (χ1) is 38.4. The average Bonchev–Trinajstić information content (AvgIpc) is 3.42. The van der Waals surface area contributed by atoms with Crippen LogP contribution in [-0.2, 0) is 40.0 Å². The molecule has 0 heterocycles. The molecule has 8 amide bonds. The Morgan fingerprint density at radius 3 is 1.73 bits per heavy atom. The number of anilines is 2. The Morgan fingerprint density at radius 2 is 1.16 bits per heavy atom. The molecule has 0 saturated heterocycles. The zero-order valence-electron chi connectivity index (χ0n) is 45.5. The standard InChI is InChI=1S/C51H74N18O12/c1-29(2)24-38(66-48(76)39(25-31-12-6-5-7-13-31)63-42(71)28-61-41(70)27-62-44(72)33-14-8-9-15-34(33)52)47(75)65-36(16-10-20-59-50(53)54)45(73)64-37(17-11-21-60-51(55)56)46(74)67-49(77)43(30(3)4)58-23-22-57-35-19-18-32(68(78)79)26-40(35)69(80)81/h5-9,12-15,18-19,26,29-30,36-39,43,57-58H,10-11,16-17,20-25,27-28,52H2,1-4H3,(H,61,70)(H,62,72)(H,63,71)(H,64,73)(H,65,75)(H,66,76)(H4,53,54,59)(H4,55,56,60)(H,67,74,77)/t36-,37-,38-,39-,43-/m0/s1. The third kappa shape index (κ3) is 24.0. The second kappa shape index (κ2) is 33.7. The lowest BCUT2D eigenvalue weighted by molar-refractivity contribution is -0.393. The minimum atomic E-state index is -1.42. The lowest BCUT2D eigenvalue weighted by Gasteiger charge is -2.27. The van der Waals surface area contributed by atoms with Gasteiger partial charge in [-0.1, -0.05) is 70.2 Å². The maximum Gasteiger partial charge on any atom is 0.299 e. The van der Waals surface area contributed by atoms with Gasteiger partial charge >= 0.3 is 0 Å². The van der Waals surface area contributed by atoms with Crippen molar-refractivity contribution in [1.29, 1.82) is 0 Å². The number of hydrogen-bond donors (Lipinski definition) is 14. The molecule has 0 saturated carbocycles. The van der Waals surface area contributed by atoms with Crippen molar-refractivity contribution < 1.29 is 48.2 Å². The van der Waals surface area contributed by atoms with Gasteiger partial charge in [-0.05, 0) is 67.7 Å². The highest BCUT2D eigenvalue weighted by molar-refractivity contribution is 6.03. The molecular formula is C51H74N18O12. The molecule has 0 bridgehead atoms.